The second-order valence-electron chi connectivity index (χ2n) is 3.95. The summed E-state index contributed by atoms with van der Waals surface area (Å²) in [7, 11) is -3.44. The van der Waals surface area contributed by atoms with Crippen LogP contribution < -0.4 is 10.0 Å². The summed E-state index contributed by atoms with van der Waals surface area (Å²) in [6.45, 7) is 1.77. The molecule has 19 heavy (non-hydrogen) atoms. The molecule has 0 aliphatic rings. The van der Waals surface area contributed by atoms with Gasteiger partial charge in [0.2, 0.25) is 15.9 Å². The highest BCUT2D eigenvalue weighted by atomic mass is 32.2. The Kier molecular flexibility index (Phi) is 5.48. The molecular weight excluding hydrogens is 266 g/mol. The maximum atomic E-state index is 11.7. The van der Waals surface area contributed by atoms with Gasteiger partial charge in [0.25, 0.3) is 0 Å². The summed E-state index contributed by atoms with van der Waals surface area (Å²) in [6.07, 6.45) is 0. The number of rotatable bonds is 6. The van der Waals surface area contributed by atoms with Gasteiger partial charge in [-0.05, 0) is 17.7 Å². The average Bonchev–Trinajstić information content (AvgIpc) is 2.35. The van der Waals surface area contributed by atoms with Crippen LogP contribution in [-0.2, 0) is 20.6 Å². The highest BCUT2D eigenvalue weighted by Gasteiger charge is 2.10. The van der Waals surface area contributed by atoms with E-state index in [9.17, 15) is 13.2 Å². The van der Waals surface area contributed by atoms with Gasteiger partial charge in [0, 0.05) is 20.0 Å². The molecule has 7 heteroatoms. The quantitative estimate of drug-likeness (QED) is 0.723. The second-order valence-corrected chi connectivity index (χ2v) is 5.75. The summed E-state index contributed by atoms with van der Waals surface area (Å²) in [5, 5.41) is 11.1. The van der Waals surface area contributed by atoms with Crippen molar-refractivity contribution >= 4 is 15.9 Å². The molecule has 1 aromatic carbocycles. The second kappa shape index (κ2) is 6.87. The number of nitrogens with one attached hydrogen (secondary N) is 2. The molecule has 0 spiro atoms. The van der Waals surface area contributed by atoms with Crippen LogP contribution in [0.1, 0.15) is 18.1 Å². The van der Waals surface area contributed by atoms with Crippen LogP contribution in [0.2, 0.25) is 0 Å². The van der Waals surface area contributed by atoms with Crippen LogP contribution in [0.5, 0.6) is 0 Å². The minimum absolute atomic E-state index is 0.151. The van der Waals surface area contributed by atoms with Crippen molar-refractivity contribution in [1.82, 2.24) is 10.0 Å². The zero-order valence-electron chi connectivity index (χ0n) is 10.5. The molecule has 0 heterocycles. The maximum Gasteiger partial charge on any atom is 0.216 e. The molecular formula is C12H15N3O3S. The van der Waals surface area contributed by atoms with Crippen molar-refractivity contribution < 1.29 is 13.2 Å². The van der Waals surface area contributed by atoms with Crippen LogP contribution in [0.3, 0.4) is 0 Å². The summed E-state index contributed by atoms with van der Waals surface area (Å²) in [5.41, 5.74) is 1.09. The number of benzene rings is 1. The van der Waals surface area contributed by atoms with Gasteiger partial charge in [0.15, 0.2) is 0 Å². The molecule has 0 atom stereocenters. The number of nitriles is 1. The molecule has 0 bridgehead atoms. The predicted octanol–water partition coefficient (Wildman–Crippen LogP) is 0.114. The lowest BCUT2D eigenvalue weighted by Gasteiger charge is -2.07. The van der Waals surface area contributed by atoms with Crippen molar-refractivity contribution in [3.8, 4) is 6.07 Å². The number of hydrogen-bond acceptors (Lipinski definition) is 4. The third-order valence-corrected chi connectivity index (χ3v) is 3.62. The molecule has 0 aromatic heterocycles. The molecule has 0 aliphatic carbocycles. The van der Waals surface area contributed by atoms with Gasteiger partial charge in [0.05, 0.1) is 17.4 Å². The first-order chi connectivity index (χ1) is 8.93. The Balaban J connectivity index is 2.49. The van der Waals surface area contributed by atoms with Crippen molar-refractivity contribution in [2.24, 2.45) is 0 Å². The Hall–Kier alpha value is -1.91. The Labute approximate surface area is 112 Å². The van der Waals surface area contributed by atoms with Gasteiger partial charge in [0.1, 0.15) is 0 Å². The van der Waals surface area contributed by atoms with E-state index in [2.05, 4.69) is 10.0 Å². The normalized spacial score (nSPS) is 10.7. The van der Waals surface area contributed by atoms with E-state index in [-0.39, 0.29) is 24.7 Å². The van der Waals surface area contributed by atoms with E-state index in [1.807, 2.05) is 6.07 Å². The maximum absolute atomic E-state index is 11.7. The third-order valence-electron chi connectivity index (χ3n) is 2.26. The van der Waals surface area contributed by atoms with Crippen LogP contribution in [0.4, 0.5) is 0 Å². The van der Waals surface area contributed by atoms with Gasteiger partial charge in [-0.15, -0.1) is 0 Å². The van der Waals surface area contributed by atoms with Crippen molar-refractivity contribution in [3.63, 3.8) is 0 Å². The first kappa shape index (κ1) is 15.1. The van der Waals surface area contributed by atoms with Crippen LogP contribution in [0, 0.1) is 11.3 Å². The molecule has 102 valence electrons. The smallest absolute Gasteiger partial charge is 0.216 e. The summed E-state index contributed by atoms with van der Waals surface area (Å²) in [5.74, 6) is -0.356. The van der Waals surface area contributed by atoms with Gasteiger partial charge < -0.3 is 5.32 Å². The van der Waals surface area contributed by atoms with Gasteiger partial charge in [-0.25, -0.2) is 13.1 Å². The first-order valence-corrected chi connectivity index (χ1v) is 7.29. The third kappa shape index (κ3) is 5.99. The SMILES string of the molecule is CC(=O)NCCNS(=O)(=O)Cc1ccc(C#N)cc1. The summed E-state index contributed by atoms with van der Waals surface area (Å²) in [6, 6.07) is 8.31. The molecule has 0 saturated carbocycles. The van der Waals surface area contributed by atoms with Gasteiger partial charge in [-0.3, -0.25) is 4.79 Å². The highest BCUT2D eigenvalue weighted by molar-refractivity contribution is 7.88. The van der Waals surface area contributed by atoms with Gasteiger partial charge in [-0.1, -0.05) is 12.1 Å². The largest absolute Gasteiger partial charge is 0.355 e. The van der Waals surface area contributed by atoms with Crippen molar-refractivity contribution in [2.75, 3.05) is 13.1 Å². The lowest BCUT2D eigenvalue weighted by Crippen LogP contribution is -2.34. The number of carbonyl (C=O) groups excluding carboxylic acids is 1. The topological polar surface area (TPSA) is 99.1 Å². The van der Waals surface area contributed by atoms with E-state index in [0.29, 0.717) is 11.1 Å². The van der Waals surface area contributed by atoms with E-state index in [0.717, 1.165) is 0 Å². The zero-order valence-corrected chi connectivity index (χ0v) is 11.3. The van der Waals surface area contributed by atoms with Crippen LogP contribution in [-0.4, -0.2) is 27.4 Å². The molecule has 0 radical (unpaired) electrons. The lowest BCUT2D eigenvalue weighted by atomic mass is 10.2. The fourth-order valence-electron chi connectivity index (χ4n) is 1.39. The number of hydrogen-bond donors (Lipinski definition) is 2. The number of sulfonamides is 1. The summed E-state index contributed by atoms with van der Waals surface area (Å²) < 4.78 is 25.8. The van der Waals surface area contributed by atoms with E-state index in [1.165, 1.54) is 6.92 Å². The first-order valence-electron chi connectivity index (χ1n) is 5.64. The number of carbonyl (C=O) groups is 1. The van der Waals surface area contributed by atoms with Crippen LogP contribution >= 0.6 is 0 Å². The molecule has 1 rings (SSSR count). The van der Waals surface area contributed by atoms with E-state index >= 15 is 0 Å². The van der Waals surface area contributed by atoms with Gasteiger partial charge >= 0.3 is 0 Å². The lowest BCUT2D eigenvalue weighted by molar-refractivity contribution is -0.118. The van der Waals surface area contributed by atoms with Crippen LogP contribution in [0.25, 0.3) is 0 Å². The van der Waals surface area contributed by atoms with Crippen molar-refractivity contribution in [3.05, 3.63) is 35.4 Å². The minimum atomic E-state index is -3.44. The summed E-state index contributed by atoms with van der Waals surface area (Å²) >= 11 is 0. The zero-order chi connectivity index (χ0) is 14.3. The van der Waals surface area contributed by atoms with Crippen molar-refractivity contribution in [1.29, 1.82) is 5.26 Å². The fourth-order valence-corrected chi connectivity index (χ4v) is 2.54. The number of amides is 1. The Morgan fingerprint density at radius 3 is 2.42 bits per heavy atom. The summed E-state index contributed by atoms with van der Waals surface area (Å²) in [4.78, 5) is 10.6. The average molecular weight is 281 g/mol. The van der Waals surface area contributed by atoms with Crippen molar-refractivity contribution in [2.45, 2.75) is 12.7 Å². The molecule has 0 fully saturated rings. The molecule has 6 nitrogen and oxygen atoms in total. The van der Waals surface area contributed by atoms with Crippen LogP contribution in [0.15, 0.2) is 24.3 Å². The monoisotopic (exact) mass is 281 g/mol. The Morgan fingerprint density at radius 1 is 1.26 bits per heavy atom. The Morgan fingerprint density at radius 2 is 1.89 bits per heavy atom. The molecule has 2 N–H and O–H groups in total. The molecule has 1 amide bonds. The molecule has 1 aromatic rings. The molecule has 0 unspecified atom stereocenters. The van der Waals surface area contributed by atoms with Gasteiger partial charge in [-0.2, -0.15) is 5.26 Å². The Bertz CT molecular complexity index is 573. The minimum Gasteiger partial charge on any atom is -0.355 e. The standard InChI is InChI=1S/C12H15N3O3S/c1-10(16)14-6-7-15-19(17,18)9-12-4-2-11(8-13)3-5-12/h2-5,15H,6-7,9H2,1H3,(H,14,16). The fraction of sp³-hybridized carbons (Fsp3) is 0.333. The molecule has 0 aliphatic heterocycles. The highest BCUT2D eigenvalue weighted by Crippen LogP contribution is 2.06. The van der Waals surface area contributed by atoms with E-state index in [4.69, 9.17) is 5.26 Å². The van der Waals surface area contributed by atoms with E-state index < -0.39 is 10.0 Å². The molecule has 0 saturated heterocycles. The number of nitrogens with zero attached hydrogens (tertiary/aromatic N) is 1. The van der Waals surface area contributed by atoms with E-state index in [1.54, 1.807) is 24.3 Å². The predicted molar refractivity (Wildman–Crippen MR) is 70.5 cm³/mol.